The molecule has 2 rings (SSSR count). The molecule has 0 aliphatic carbocycles. The molecule has 2 heterocycles. The molecule has 6 heteroatoms. The Balaban J connectivity index is 1.62. The Morgan fingerprint density at radius 1 is 1.26 bits per heavy atom. The fraction of sp³-hybridized carbons (Fsp3) is 0.846. The Bertz CT molecular complexity index is 352. The summed E-state index contributed by atoms with van der Waals surface area (Å²) in [6.45, 7) is 8.12. The van der Waals surface area contributed by atoms with Gasteiger partial charge in [0.2, 0.25) is 0 Å². The van der Waals surface area contributed by atoms with E-state index < -0.39 is 0 Å². The summed E-state index contributed by atoms with van der Waals surface area (Å²) in [5.41, 5.74) is 0. The predicted molar refractivity (Wildman–Crippen MR) is 77.7 cm³/mol. The van der Waals surface area contributed by atoms with Crippen molar-refractivity contribution in [1.29, 1.82) is 0 Å². The van der Waals surface area contributed by atoms with Crippen molar-refractivity contribution in [2.24, 2.45) is 0 Å². The molecule has 1 aliphatic heterocycles. The van der Waals surface area contributed by atoms with E-state index in [0.29, 0.717) is 5.19 Å². The molecule has 1 aromatic heterocycles. The molecule has 108 valence electrons. The van der Waals surface area contributed by atoms with Crippen LogP contribution >= 0.6 is 11.3 Å². The molecule has 0 amide bonds. The van der Waals surface area contributed by atoms with Crippen LogP contribution in [0.1, 0.15) is 37.6 Å². The fourth-order valence-electron chi connectivity index (χ4n) is 2.19. The standard InChI is InChI=1S/C13H24N4OS/c1-2-6-14-11-12-15-16-13(19-12)18-10-9-17-7-4-3-5-8-17/h14H,2-11H2,1H3. The summed E-state index contributed by atoms with van der Waals surface area (Å²) >= 11 is 1.54. The number of rotatable bonds is 8. The van der Waals surface area contributed by atoms with E-state index in [1.54, 1.807) is 11.3 Å². The molecule has 19 heavy (non-hydrogen) atoms. The Hall–Kier alpha value is -0.720. The zero-order valence-corrected chi connectivity index (χ0v) is 12.5. The summed E-state index contributed by atoms with van der Waals surface area (Å²) < 4.78 is 5.67. The summed E-state index contributed by atoms with van der Waals surface area (Å²) in [7, 11) is 0. The smallest absolute Gasteiger partial charge is 0.294 e. The molecule has 1 aromatic rings. The van der Waals surface area contributed by atoms with Gasteiger partial charge in [0.1, 0.15) is 11.6 Å². The lowest BCUT2D eigenvalue weighted by Crippen LogP contribution is -2.33. The maximum atomic E-state index is 5.67. The van der Waals surface area contributed by atoms with Crippen molar-refractivity contribution in [2.75, 3.05) is 32.8 Å². The molecule has 0 atom stereocenters. The Kier molecular flexibility index (Phi) is 6.53. The monoisotopic (exact) mass is 284 g/mol. The molecular weight excluding hydrogens is 260 g/mol. The van der Waals surface area contributed by atoms with Gasteiger partial charge in [0.15, 0.2) is 0 Å². The van der Waals surface area contributed by atoms with Crippen LogP contribution in [-0.4, -0.2) is 47.9 Å². The van der Waals surface area contributed by atoms with Crippen molar-refractivity contribution in [1.82, 2.24) is 20.4 Å². The first-order valence-electron chi connectivity index (χ1n) is 7.26. The zero-order chi connectivity index (χ0) is 13.3. The minimum atomic E-state index is 0.699. The first-order valence-corrected chi connectivity index (χ1v) is 8.08. The van der Waals surface area contributed by atoms with Crippen LogP contribution in [-0.2, 0) is 6.54 Å². The first kappa shape index (κ1) is 14.7. The van der Waals surface area contributed by atoms with Crippen molar-refractivity contribution >= 4 is 11.3 Å². The predicted octanol–water partition coefficient (Wildman–Crippen LogP) is 1.90. The van der Waals surface area contributed by atoms with Crippen LogP contribution in [0.4, 0.5) is 0 Å². The van der Waals surface area contributed by atoms with Gasteiger partial charge in [0, 0.05) is 13.1 Å². The molecule has 1 fully saturated rings. The highest BCUT2D eigenvalue weighted by molar-refractivity contribution is 7.13. The van der Waals surface area contributed by atoms with E-state index >= 15 is 0 Å². The third-order valence-corrected chi connectivity index (χ3v) is 4.07. The summed E-state index contributed by atoms with van der Waals surface area (Å²) in [5, 5.41) is 13.2. The van der Waals surface area contributed by atoms with Crippen LogP contribution in [0.15, 0.2) is 0 Å². The van der Waals surface area contributed by atoms with Crippen molar-refractivity contribution in [3.8, 4) is 5.19 Å². The van der Waals surface area contributed by atoms with Crippen LogP contribution in [0.5, 0.6) is 5.19 Å². The van der Waals surface area contributed by atoms with Gasteiger partial charge < -0.3 is 10.1 Å². The molecule has 0 saturated carbocycles. The minimum Gasteiger partial charge on any atom is -0.468 e. The van der Waals surface area contributed by atoms with E-state index in [1.165, 1.54) is 32.4 Å². The molecule has 0 radical (unpaired) electrons. The molecule has 0 aromatic carbocycles. The molecule has 0 spiro atoms. The maximum Gasteiger partial charge on any atom is 0.294 e. The Morgan fingerprint density at radius 2 is 2.11 bits per heavy atom. The fourth-order valence-corrected chi connectivity index (χ4v) is 2.87. The van der Waals surface area contributed by atoms with E-state index in [4.69, 9.17) is 4.74 Å². The van der Waals surface area contributed by atoms with Gasteiger partial charge >= 0.3 is 0 Å². The summed E-state index contributed by atoms with van der Waals surface area (Å²) in [6.07, 6.45) is 5.16. The zero-order valence-electron chi connectivity index (χ0n) is 11.7. The maximum absolute atomic E-state index is 5.67. The number of hydrogen-bond donors (Lipinski definition) is 1. The lowest BCUT2D eigenvalue weighted by atomic mass is 10.1. The number of likely N-dealkylation sites (tertiary alicyclic amines) is 1. The second kappa shape index (κ2) is 8.45. The lowest BCUT2D eigenvalue weighted by Gasteiger charge is -2.25. The van der Waals surface area contributed by atoms with Crippen molar-refractivity contribution in [2.45, 2.75) is 39.2 Å². The number of aromatic nitrogens is 2. The van der Waals surface area contributed by atoms with Crippen LogP contribution < -0.4 is 10.1 Å². The van der Waals surface area contributed by atoms with Crippen LogP contribution in [0.3, 0.4) is 0 Å². The van der Waals surface area contributed by atoms with Crippen LogP contribution in [0.2, 0.25) is 0 Å². The highest BCUT2D eigenvalue weighted by Gasteiger charge is 2.10. The van der Waals surface area contributed by atoms with Gasteiger partial charge in [0.25, 0.3) is 5.19 Å². The molecule has 0 bridgehead atoms. The van der Waals surface area contributed by atoms with Crippen molar-refractivity contribution in [3.05, 3.63) is 5.01 Å². The van der Waals surface area contributed by atoms with Crippen LogP contribution in [0.25, 0.3) is 0 Å². The number of ether oxygens (including phenoxy) is 1. The van der Waals surface area contributed by atoms with Gasteiger partial charge in [-0.15, -0.1) is 10.2 Å². The Labute approximate surface area is 119 Å². The van der Waals surface area contributed by atoms with Crippen molar-refractivity contribution < 1.29 is 4.74 Å². The average molecular weight is 284 g/mol. The SMILES string of the molecule is CCCNCc1nnc(OCCN2CCCCC2)s1. The number of hydrogen-bond acceptors (Lipinski definition) is 6. The number of piperidine rings is 1. The third-order valence-electron chi connectivity index (χ3n) is 3.23. The summed E-state index contributed by atoms with van der Waals surface area (Å²) in [6, 6.07) is 0. The first-order chi connectivity index (χ1) is 9.38. The van der Waals surface area contributed by atoms with E-state index in [2.05, 4.69) is 27.3 Å². The highest BCUT2D eigenvalue weighted by Crippen LogP contribution is 2.17. The second-order valence-electron chi connectivity index (χ2n) is 4.89. The molecule has 1 saturated heterocycles. The van der Waals surface area contributed by atoms with Gasteiger partial charge in [0.05, 0.1) is 0 Å². The van der Waals surface area contributed by atoms with E-state index in [0.717, 1.165) is 37.7 Å². The largest absolute Gasteiger partial charge is 0.468 e. The quantitative estimate of drug-likeness (QED) is 0.739. The molecule has 5 nitrogen and oxygen atoms in total. The topological polar surface area (TPSA) is 50.3 Å². The minimum absolute atomic E-state index is 0.699. The van der Waals surface area contributed by atoms with Gasteiger partial charge in [-0.1, -0.05) is 24.7 Å². The normalized spacial score (nSPS) is 16.7. The van der Waals surface area contributed by atoms with Gasteiger partial charge in [-0.05, 0) is 38.9 Å². The number of nitrogens with one attached hydrogen (secondary N) is 1. The third kappa shape index (κ3) is 5.42. The van der Waals surface area contributed by atoms with E-state index in [1.807, 2.05) is 0 Å². The van der Waals surface area contributed by atoms with Gasteiger partial charge in [-0.2, -0.15) is 0 Å². The molecule has 1 aliphatic rings. The Morgan fingerprint density at radius 3 is 2.89 bits per heavy atom. The van der Waals surface area contributed by atoms with Gasteiger partial charge in [-0.25, -0.2) is 0 Å². The van der Waals surface area contributed by atoms with E-state index in [9.17, 15) is 0 Å². The van der Waals surface area contributed by atoms with Crippen molar-refractivity contribution in [3.63, 3.8) is 0 Å². The highest BCUT2D eigenvalue weighted by atomic mass is 32.1. The average Bonchev–Trinajstić information content (AvgIpc) is 2.88. The van der Waals surface area contributed by atoms with E-state index in [-0.39, 0.29) is 0 Å². The van der Waals surface area contributed by atoms with Gasteiger partial charge in [-0.3, -0.25) is 4.90 Å². The summed E-state index contributed by atoms with van der Waals surface area (Å²) in [4.78, 5) is 2.47. The van der Waals surface area contributed by atoms with Crippen LogP contribution in [0, 0.1) is 0 Å². The number of nitrogens with zero attached hydrogens (tertiary/aromatic N) is 3. The second-order valence-corrected chi connectivity index (χ2v) is 5.91. The molecule has 1 N–H and O–H groups in total. The molecular formula is C13H24N4OS. The molecule has 0 unspecified atom stereocenters. The summed E-state index contributed by atoms with van der Waals surface area (Å²) in [5.74, 6) is 0. The lowest BCUT2D eigenvalue weighted by molar-refractivity contribution is 0.182.